The molecular weight excluding hydrogens is 573 g/mol. The van der Waals surface area contributed by atoms with E-state index >= 15 is 0 Å². The zero-order valence-electron chi connectivity index (χ0n) is 12.1. The van der Waals surface area contributed by atoms with Crippen molar-refractivity contribution in [2.45, 2.75) is 12.7 Å². The van der Waals surface area contributed by atoms with Crippen LogP contribution >= 0.6 is 0 Å². The Kier molecular flexibility index (Phi) is 5.95. The maximum atomic E-state index is 12.7. The summed E-state index contributed by atoms with van der Waals surface area (Å²) < 4.78 is 40.3. The van der Waals surface area contributed by atoms with Gasteiger partial charge in [-0.2, -0.15) is 0 Å². The molecule has 1 aliphatic heterocycles. The predicted octanol–water partition coefficient (Wildman–Crippen LogP) is 4.49. The summed E-state index contributed by atoms with van der Waals surface area (Å²) in [7, 11) is 0. The Morgan fingerprint density at radius 3 is 2.52 bits per heavy atom. The van der Waals surface area contributed by atoms with Gasteiger partial charge in [-0.1, -0.05) is 0 Å². The quantitative estimate of drug-likeness (QED) is 0.421. The molecule has 0 amide bonds. The number of nitrogens with zero attached hydrogens (tertiary/aromatic N) is 1. The van der Waals surface area contributed by atoms with Gasteiger partial charge in [-0.3, -0.25) is 0 Å². The molecule has 1 aliphatic rings. The van der Waals surface area contributed by atoms with Gasteiger partial charge in [-0.05, 0) is 0 Å². The van der Waals surface area contributed by atoms with E-state index in [0.29, 0.717) is 12.1 Å². The normalized spacial score (nSPS) is 12.3. The first kappa shape index (κ1) is 18.9. The summed E-state index contributed by atoms with van der Waals surface area (Å²) in [6, 6.07) is 9.44. The molecule has 1 heterocycles. The van der Waals surface area contributed by atoms with Crippen molar-refractivity contribution >= 4 is 49.2 Å². The molecule has 114 valence electrons. The van der Waals surface area contributed by atoms with Crippen LogP contribution in [0.4, 0.5) is 30.2 Å². The summed E-state index contributed by atoms with van der Waals surface area (Å²) in [5.74, 6) is 0. The molecule has 0 fully saturated rings. The van der Waals surface area contributed by atoms with Crippen molar-refractivity contribution in [3.8, 4) is 0 Å². The minimum atomic E-state index is -4.31. The first-order chi connectivity index (χ1) is 10.4. The molecule has 0 aromatic heterocycles. The zero-order valence-corrected chi connectivity index (χ0v) is 18.8. The molecule has 2 nitrogen and oxygen atoms in total. The third-order valence-electron chi connectivity index (χ3n) is 3.54. The number of anilines is 3. The van der Waals surface area contributed by atoms with E-state index in [1.165, 1.54) is 23.5 Å². The first-order valence-corrected chi connectivity index (χ1v) is 8.36. The average Bonchev–Trinajstić information content (AvgIpc) is 3.13. The minimum absolute atomic E-state index is 0. The SMILES string of the molecule is C=Cc1cc2c(cc1NCc1cccc(C(F)(F)F)c1)[N]2[Pb].[Y]. The van der Waals surface area contributed by atoms with Gasteiger partial charge in [0.25, 0.3) is 0 Å². The predicted molar refractivity (Wildman–Crippen MR) is 83.2 cm³/mol. The molecule has 0 spiro atoms. The van der Waals surface area contributed by atoms with Gasteiger partial charge in [0.2, 0.25) is 0 Å². The van der Waals surface area contributed by atoms with E-state index in [-0.39, 0.29) is 32.7 Å². The van der Waals surface area contributed by atoms with Crippen LogP contribution in [0.1, 0.15) is 16.7 Å². The van der Waals surface area contributed by atoms with Crippen LogP contribution in [0.25, 0.3) is 6.08 Å². The number of fused-ring (bicyclic) bond motifs is 1. The number of hydrogen-bond acceptors (Lipinski definition) is 2. The molecule has 23 heavy (non-hydrogen) atoms. The summed E-state index contributed by atoms with van der Waals surface area (Å²) in [6.45, 7) is 4.12. The summed E-state index contributed by atoms with van der Waals surface area (Å²) in [5.41, 5.74) is 4.22. The summed E-state index contributed by atoms with van der Waals surface area (Å²) in [6.07, 6.45) is -2.56. The molecule has 7 heteroatoms. The molecule has 2 aromatic rings. The fourth-order valence-corrected chi connectivity index (χ4v) is 3.49. The van der Waals surface area contributed by atoms with Crippen LogP contribution in [0.15, 0.2) is 43.0 Å². The molecule has 0 unspecified atom stereocenters. The van der Waals surface area contributed by atoms with Gasteiger partial charge in [0.05, 0.1) is 0 Å². The van der Waals surface area contributed by atoms with Gasteiger partial charge in [0, 0.05) is 32.7 Å². The second-order valence-corrected chi connectivity index (χ2v) is 6.76. The summed E-state index contributed by atoms with van der Waals surface area (Å²) in [5, 5.41) is 3.20. The van der Waals surface area contributed by atoms with Crippen LogP contribution in [0.5, 0.6) is 0 Å². The van der Waals surface area contributed by atoms with E-state index in [0.717, 1.165) is 43.4 Å². The molecule has 2 aromatic carbocycles. The van der Waals surface area contributed by atoms with Gasteiger partial charge in [0.1, 0.15) is 0 Å². The molecule has 0 saturated carbocycles. The van der Waals surface area contributed by atoms with Crippen LogP contribution in [0.3, 0.4) is 0 Å². The number of alkyl halides is 3. The van der Waals surface area contributed by atoms with E-state index in [4.69, 9.17) is 0 Å². The van der Waals surface area contributed by atoms with Gasteiger partial charge in [-0.15, -0.1) is 0 Å². The third-order valence-corrected chi connectivity index (χ3v) is 5.41. The van der Waals surface area contributed by atoms with Crippen LogP contribution < -0.4 is 8.03 Å². The van der Waals surface area contributed by atoms with Crippen LogP contribution in [-0.2, 0) is 45.4 Å². The fourth-order valence-electron chi connectivity index (χ4n) is 2.29. The topological polar surface area (TPSA) is 15.0 Å². The first-order valence-electron chi connectivity index (χ1n) is 6.62. The van der Waals surface area contributed by atoms with Crippen molar-refractivity contribution in [1.29, 1.82) is 0 Å². The fraction of sp³-hybridized carbons (Fsp3) is 0.125. The average molecular weight is 585 g/mol. The maximum Gasteiger partial charge on any atom is 0 e. The van der Waals surface area contributed by atoms with E-state index in [1.54, 1.807) is 12.1 Å². The Balaban J connectivity index is 0.00000192. The molecule has 0 bridgehead atoms. The second kappa shape index (κ2) is 7.23. The van der Waals surface area contributed by atoms with Crippen LogP contribution in [-0.4, -0.2) is 26.1 Å². The summed E-state index contributed by atoms with van der Waals surface area (Å²) in [4.78, 5) is 0. The van der Waals surface area contributed by atoms with E-state index in [9.17, 15) is 13.2 Å². The van der Waals surface area contributed by atoms with Crippen LogP contribution in [0, 0.1) is 0 Å². The van der Waals surface area contributed by atoms with E-state index in [2.05, 4.69) is 14.6 Å². The maximum absolute atomic E-state index is 12.7. The van der Waals surface area contributed by atoms with Crippen molar-refractivity contribution in [2.75, 3.05) is 8.03 Å². The van der Waals surface area contributed by atoms with Crippen molar-refractivity contribution in [3.05, 3.63) is 59.7 Å². The Morgan fingerprint density at radius 2 is 1.87 bits per heavy atom. The number of nitrogens with one attached hydrogen (secondary N) is 1. The van der Waals surface area contributed by atoms with Gasteiger partial charge >= 0.3 is 143 Å². The monoisotopic (exact) mass is 586 g/mol. The van der Waals surface area contributed by atoms with E-state index in [1.807, 2.05) is 12.1 Å². The zero-order chi connectivity index (χ0) is 15.9. The van der Waals surface area contributed by atoms with Crippen molar-refractivity contribution in [1.82, 2.24) is 0 Å². The minimum Gasteiger partial charge on any atom is 0 e. The molecule has 0 aliphatic carbocycles. The smallest absolute Gasteiger partial charge is 0 e. The number of benzene rings is 2. The van der Waals surface area contributed by atoms with Crippen molar-refractivity contribution in [2.24, 2.45) is 0 Å². The summed E-state index contributed by atoms with van der Waals surface area (Å²) >= 11 is 0.927. The van der Waals surface area contributed by atoms with Crippen molar-refractivity contribution < 1.29 is 45.9 Å². The Labute approximate surface area is 174 Å². The van der Waals surface area contributed by atoms with Gasteiger partial charge in [-0.25, -0.2) is 0 Å². The van der Waals surface area contributed by atoms with Gasteiger partial charge in [0.15, 0.2) is 0 Å². The van der Waals surface area contributed by atoms with Crippen LogP contribution in [0.2, 0.25) is 0 Å². The number of halogens is 3. The molecule has 0 atom stereocenters. The third kappa shape index (κ3) is 4.17. The number of rotatable bonds is 4. The van der Waals surface area contributed by atoms with E-state index < -0.39 is 11.7 Å². The Morgan fingerprint density at radius 1 is 1.17 bits per heavy atom. The standard InChI is InChI=1S/C16H12F3N2.Pb.Y/c1-2-11-7-14-15(21-14)8-13(11)20-9-10-4-3-5-12(6-10)16(17,18)19;;/h2-8,20H,1,9H2;;/q-1;+1;. The molecule has 3 rings (SSSR count). The molecule has 4 radical (unpaired) electrons. The van der Waals surface area contributed by atoms with Crippen molar-refractivity contribution in [3.63, 3.8) is 0 Å². The van der Waals surface area contributed by atoms with Gasteiger partial charge < -0.3 is 0 Å². The molecule has 0 saturated heterocycles. The number of hydrogen-bond donors (Lipinski definition) is 1. The Hall–Kier alpha value is -0.404. The molecular formula is C16H12F3N2PbY. The molecule has 1 N–H and O–H groups in total. The second-order valence-electron chi connectivity index (χ2n) is 5.02. The largest absolute Gasteiger partial charge is 0 e. The Bertz CT molecular complexity index is 747.